The summed E-state index contributed by atoms with van der Waals surface area (Å²) in [6, 6.07) is 11.6. The van der Waals surface area contributed by atoms with Gasteiger partial charge in [0.15, 0.2) is 0 Å². The second-order valence-corrected chi connectivity index (χ2v) is 6.59. The molecule has 3 rings (SSSR count). The molecule has 0 radical (unpaired) electrons. The molecule has 0 saturated heterocycles. The summed E-state index contributed by atoms with van der Waals surface area (Å²) in [5.74, 6) is 0.514. The molecule has 0 aliphatic carbocycles. The maximum absolute atomic E-state index is 12.3. The summed E-state index contributed by atoms with van der Waals surface area (Å²) in [7, 11) is 0. The second-order valence-electron chi connectivity index (χ2n) is 5.72. The lowest BCUT2D eigenvalue weighted by Gasteiger charge is -2.09. The van der Waals surface area contributed by atoms with Gasteiger partial charge in [-0.15, -0.1) is 5.10 Å². The molecule has 8 heteroatoms. The molecule has 26 heavy (non-hydrogen) atoms. The van der Waals surface area contributed by atoms with E-state index in [1.54, 1.807) is 42.5 Å². The van der Waals surface area contributed by atoms with Gasteiger partial charge in [-0.25, -0.2) is 0 Å². The Balaban J connectivity index is 1.71. The van der Waals surface area contributed by atoms with Crippen LogP contribution in [0.25, 0.3) is 11.5 Å². The smallest absolute Gasteiger partial charge is 0.322 e. The number of ether oxygens (including phenoxy) is 1. The van der Waals surface area contributed by atoms with Crippen LogP contribution in [-0.2, 0) is 0 Å². The van der Waals surface area contributed by atoms with Crippen molar-refractivity contribution >= 4 is 35.1 Å². The third-order valence-corrected chi connectivity index (χ3v) is 3.68. The molecular formula is C18H15Cl2N3O3. The topological polar surface area (TPSA) is 77.2 Å². The van der Waals surface area contributed by atoms with Gasteiger partial charge < -0.3 is 9.15 Å². The Morgan fingerprint density at radius 1 is 1.08 bits per heavy atom. The van der Waals surface area contributed by atoms with Crippen LogP contribution in [0.1, 0.15) is 24.2 Å². The maximum atomic E-state index is 12.3. The molecule has 2 aromatic carbocycles. The van der Waals surface area contributed by atoms with Gasteiger partial charge in [0.2, 0.25) is 5.89 Å². The maximum Gasteiger partial charge on any atom is 0.322 e. The van der Waals surface area contributed by atoms with Crippen molar-refractivity contribution in [2.75, 3.05) is 5.32 Å². The molecule has 0 bridgehead atoms. The predicted molar refractivity (Wildman–Crippen MR) is 99.9 cm³/mol. The number of hydrogen-bond donors (Lipinski definition) is 1. The largest absolute Gasteiger partial charge is 0.491 e. The highest BCUT2D eigenvalue weighted by Crippen LogP contribution is 2.27. The van der Waals surface area contributed by atoms with E-state index in [-0.39, 0.29) is 23.9 Å². The summed E-state index contributed by atoms with van der Waals surface area (Å²) >= 11 is 11.9. The van der Waals surface area contributed by atoms with Crippen molar-refractivity contribution < 1.29 is 13.9 Å². The van der Waals surface area contributed by atoms with Crippen molar-refractivity contribution in [3.63, 3.8) is 0 Å². The van der Waals surface area contributed by atoms with Crippen molar-refractivity contribution in [1.29, 1.82) is 0 Å². The van der Waals surface area contributed by atoms with Gasteiger partial charge in [-0.3, -0.25) is 10.1 Å². The van der Waals surface area contributed by atoms with Crippen molar-refractivity contribution in [1.82, 2.24) is 10.2 Å². The van der Waals surface area contributed by atoms with E-state index in [1.807, 2.05) is 13.8 Å². The first kappa shape index (κ1) is 18.2. The molecular weight excluding hydrogens is 377 g/mol. The number of hydrogen-bond acceptors (Lipinski definition) is 5. The number of anilines is 1. The zero-order valence-corrected chi connectivity index (χ0v) is 15.5. The molecule has 0 aliphatic rings. The van der Waals surface area contributed by atoms with Crippen molar-refractivity contribution in [3.8, 4) is 17.2 Å². The van der Waals surface area contributed by atoms with Gasteiger partial charge in [0.05, 0.1) is 6.10 Å². The first-order chi connectivity index (χ1) is 12.4. The lowest BCUT2D eigenvalue weighted by Crippen LogP contribution is -2.12. The normalized spacial score (nSPS) is 10.8. The average Bonchev–Trinajstić information content (AvgIpc) is 3.02. The highest BCUT2D eigenvalue weighted by Gasteiger charge is 2.14. The quantitative estimate of drug-likeness (QED) is 0.655. The molecule has 6 nitrogen and oxygen atoms in total. The van der Waals surface area contributed by atoms with Crippen LogP contribution in [0.5, 0.6) is 5.75 Å². The molecule has 3 aromatic rings. The van der Waals surface area contributed by atoms with E-state index >= 15 is 0 Å². The highest BCUT2D eigenvalue weighted by atomic mass is 35.5. The molecule has 0 aliphatic heterocycles. The first-order valence-electron chi connectivity index (χ1n) is 7.79. The van der Waals surface area contributed by atoms with Crippen LogP contribution in [0.15, 0.2) is 46.9 Å². The Hall–Kier alpha value is -2.57. The minimum Gasteiger partial charge on any atom is -0.491 e. The Morgan fingerprint density at radius 2 is 1.73 bits per heavy atom. The predicted octanol–water partition coefficient (Wildman–Crippen LogP) is 5.08. The van der Waals surface area contributed by atoms with E-state index in [9.17, 15) is 4.79 Å². The standard InChI is InChI=1S/C18H15Cl2N3O3/c1-10(2)25-15-5-3-11(4-6-15)16(24)21-18-23-22-17(26-18)12-7-13(19)9-14(20)8-12/h3-10H,1-2H3,(H,21,23,24). The fourth-order valence-electron chi connectivity index (χ4n) is 2.19. The summed E-state index contributed by atoms with van der Waals surface area (Å²) in [5, 5.41) is 11.1. The molecule has 1 heterocycles. The zero-order chi connectivity index (χ0) is 18.7. The van der Waals surface area contributed by atoms with Gasteiger partial charge in [-0.05, 0) is 56.3 Å². The molecule has 1 aromatic heterocycles. The fraction of sp³-hybridized carbons (Fsp3) is 0.167. The number of rotatable bonds is 5. The highest BCUT2D eigenvalue weighted by molar-refractivity contribution is 6.35. The number of nitrogens with one attached hydrogen (secondary N) is 1. The number of benzene rings is 2. The Labute approximate surface area is 160 Å². The third-order valence-electron chi connectivity index (χ3n) is 3.24. The summed E-state index contributed by atoms with van der Waals surface area (Å²) in [4.78, 5) is 12.3. The minimum atomic E-state index is -0.375. The first-order valence-corrected chi connectivity index (χ1v) is 8.54. The summed E-state index contributed by atoms with van der Waals surface area (Å²) in [6.45, 7) is 3.86. The zero-order valence-electron chi connectivity index (χ0n) is 14.0. The Morgan fingerprint density at radius 3 is 2.35 bits per heavy atom. The van der Waals surface area contributed by atoms with Crippen molar-refractivity contribution in [2.24, 2.45) is 0 Å². The van der Waals surface area contributed by atoms with Gasteiger partial charge in [-0.1, -0.05) is 28.3 Å². The van der Waals surface area contributed by atoms with Gasteiger partial charge in [0.25, 0.3) is 5.91 Å². The average molecular weight is 392 g/mol. The molecule has 0 fully saturated rings. The Bertz CT molecular complexity index is 903. The lowest BCUT2D eigenvalue weighted by molar-refractivity contribution is 0.102. The molecule has 0 spiro atoms. The number of carbonyl (C=O) groups excluding carboxylic acids is 1. The number of nitrogens with zero attached hydrogens (tertiary/aromatic N) is 2. The molecule has 0 saturated carbocycles. The number of halogens is 2. The van der Waals surface area contributed by atoms with Crippen LogP contribution in [0.2, 0.25) is 10.0 Å². The third kappa shape index (κ3) is 4.53. The SMILES string of the molecule is CC(C)Oc1ccc(C(=O)Nc2nnc(-c3cc(Cl)cc(Cl)c3)o2)cc1. The number of aromatic nitrogens is 2. The number of amides is 1. The van der Waals surface area contributed by atoms with E-state index in [4.69, 9.17) is 32.4 Å². The van der Waals surface area contributed by atoms with E-state index in [0.29, 0.717) is 26.9 Å². The molecule has 0 atom stereocenters. The summed E-state index contributed by atoms with van der Waals surface area (Å²) in [6.07, 6.45) is 0.0616. The minimum absolute atomic E-state index is 0.0244. The molecule has 1 N–H and O–H groups in total. The van der Waals surface area contributed by atoms with Crippen LogP contribution in [0.4, 0.5) is 6.01 Å². The number of carbonyl (C=O) groups is 1. The molecule has 134 valence electrons. The van der Waals surface area contributed by atoms with Gasteiger partial charge >= 0.3 is 6.01 Å². The van der Waals surface area contributed by atoms with Crippen molar-refractivity contribution in [3.05, 3.63) is 58.1 Å². The fourth-order valence-corrected chi connectivity index (χ4v) is 2.72. The van der Waals surface area contributed by atoms with Gasteiger partial charge in [0, 0.05) is 21.2 Å². The second kappa shape index (κ2) is 7.76. The van der Waals surface area contributed by atoms with Crippen molar-refractivity contribution in [2.45, 2.75) is 20.0 Å². The molecule has 1 amide bonds. The van der Waals surface area contributed by atoms with Crippen LogP contribution >= 0.6 is 23.2 Å². The van der Waals surface area contributed by atoms with E-state index < -0.39 is 0 Å². The van der Waals surface area contributed by atoms with Gasteiger partial charge in [-0.2, -0.15) is 0 Å². The lowest BCUT2D eigenvalue weighted by atomic mass is 10.2. The van der Waals surface area contributed by atoms with Crippen LogP contribution < -0.4 is 10.1 Å². The van der Waals surface area contributed by atoms with Crippen LogP contribution in [0.3, 0.4) is 0 Å². The van der Waals surface area contributed by atoms with Crippen LogP contribution in [-0.4, -0.2) is 22.2 Å². The van der Waals surface area contributed by atoms with Gasteiger partial charge in [0.1, 0.15) is 5.75 Å². The monoisotopic (exact) mass is 391 g/mol. The van der Waals surface area contributed by atoms with E-state index in [1.165, 1.54) is 0 Å². The molecule has 0 unspecified atom stereocenters. The van der Waals surface area contributed by atoms with E-state index in [2.05, 4.69) is 15.5 Å². The summed E-state index contributed by atoms with van der Waals surface area (Å²) < 4.78 is 11.0. The summed E-state index contributed by atoms with van der Waals surface area (Å²) in [5.41, 5.74) is 0.998. The Kier molecular flexibility index (Phi) is 5.44. The van der Waals surface area contributed by atoms with E-state index in [0.717, 1.165) is 0 Å². The van der Waals surface area contributed by atoms with Crippen LogP contribution in [0, 0.1) is 0 Å².